The molecule has 1 aliphatic carbocycles. The van der Waals surface area contributed by atoms with Crippen LogP contribution in [-0.4, -0.2) is 26.2 Å². The number of ether oxygens (including phenoxy) is 1. The van der Waals surface area contributed by atoms with Crippen LogP contribution in [0.3, 0.4) is 0 Å². The van der Waals surface area contributed by atoms with Gasteiger partial charge in [-0.25, -0.2) is 4.39 Å². The van der Waals surface area contributed by atoms with E-state index in [2.05, 4.69) is 15.6 Å². The van der Waals surface area contributed by atoms with Crippen molar-refractivity contribution in [2.75, 3.05) is 14.2 Å². The molecule has 0 aliphatic heterocycles. The van der Waals surface area contributed by atoms with Crippen molar-refractivity contribution in [2.45, 2.75) is 51.3 Å². The van der Waals surface area contributed by atoms with Gasteiger partial charge >= 0.3 is 0 Å². The van der Waals surface area contributed by atoms with E-state index in [0.29, 0.717) is 18.2 Å². The molecule has 1 aromatic rings. The number of guanidine groups is 1. The Balaban J connectivity index is 1.88. The Morgan fingerprint density at radius 2 is 2.09 bits per heavy atom. The Morgan fingerprint density at radius 3 is 2.77 bits per heavy atom. The van der Waals surface area contributed by atoms with Crippen LogP contribution in [0.15, 0.2) is 23.2 Å². The smallest absolute Gasteiger partial charge is 0.191 e. The SMILES string of the molecule is CN=C(NCc1ccc(F)c(COC)c1)NC1CCCCC1. The summed E-state index contributed by atoms with van der Waals surface area (Å²) in [4.78, 5) is 4.27. The van der Waals surface area contributed by atoms with Gasteiger partial charge in [0, 0.05) is 32.3 Å². The van der Waals surface area contributed by atoms with Gasteiger partial charge in [0.2, 0.25) is 0 Å². The molecule has 0 spiro atoms. The summed E-state index contributed by atoms with van der Waals surface area (Å²) in [5.74, 6) is 0.583. The molecule has 1 fully saturated rings. The predicted molar refractivity (Wildman–Crippen MR) is 87.3 cm³/mol. The fraction of sp³-hybridized carbons (Fsp3) is 0.588. The van der Waals surface area contributed by atoms with Gasteiger partial charge in [-0.1, -0.05) is 25.3 Å². The number of nitrogens with zero attached hydrogens (tertiary/aromatic N) is 1. The minimum atomic E-state index is -0.227. The fourth-order valence-corrected chi connectivity index (χ4v) is 2.82. The van der Waals surface area contributed by atoms with Crippen LogP contribution in [0.1, 0.15) is 43.2 Å². The number of hydrogen-bond acceptors (Lipinski definition) is 2. The lowest BCUT2D eigenvalue weighted by molar-refractivity contribution is 0.181. The molecule has 0 amide bonds. The quantitative estimate of drug-likeness (QED) is 0.649. The zero-order valence-electron chi connectivity index (χ0n) is 13.5. The molecule has 0 saturated heterocycles. The van der Waals surface area contributed by atoms with Crippen molar-refractivity contribution < 1.29 is 9.13 Å². The molecular weight excluding hydrogens is 281 g/mol. The Labute approximate surface area is 132 Å². The summed E-state index contributed by atoms with van der Waals surface area (Å²) >= 11 is 0. The van der Waals surface area contributed by atoms with Gasteiger partial charge in [0.1, 0.15) is 5.82 Å². The molecule has 0 radical (unpaired) electrons. The molecule has 5 heteroatoms. The van der Waals surface area contributed by atoms with E-state index in [1.165, 1.54) is 38.2 Å². The second-order valence-corrected chi connectivity index (χ2v) is 5.76. The van der Waals surface area contributed by atoms with E-state index in [1.54, 1.807) is 20.2 Å². The predicted octanol–water partition coefficient (Wildman–Crippen LogP) is 2.97. The van der Waals surface area contributed by atoms with Gasteiger partial charge in [-0.05, 0) is 30.5 Å². The Hall–Kier alpha value is -1.62. The molecule has 0 heterocycles. The zero-order chi connectivity index (χ0) is 15.8. The molecule has 0 aromatic heterocycles. The summed E-state index contributed by atoms with van der Waals surface area (Å²) in [5.41, 5.74) is 1.59. The highest BCUT2D eigenvalue weighted by Crippen LogP contribution is 2.17. The molecule has 1 aliphatic rings. The summed E-state index contributed by atoms with van der Waals surface area (Å²) in [6, 6.07) is 5.62. The second-order valence-electron chi connectivity index (χ2n) is 5.76. The van der Waals surface area contributed by atoms with E-state index in [0.717, 1.165) is 11.5 Å². The summed E-state index contributed by atoms with van der Waals surface area (Å²) in [6.45, 7) is 0.901. The summed E-state index contributed by atoms with van der Waals surface area (Å²) in [7, 11) is 3.35. The average molecular weight is 307 g/mol. The van der Waals surface area contributed by atoms with Crippen LogP contribution in [0, 0.1) is 5.82 Å². The molecule has 2 N–H and O–H groups in total. The minimum Gasteiger partial charge on any atom is -0.380 e. The number of halogens is 1. The molecule has 0 atom stereocenters. The number of benzene rings is 1. The molecule has 4 nitrogen and oxygen atoms in total. The molecule has 1 aromatic carbocycles. The molecular formula is C17H26FN3O. The monoisotopic (exact) mass is 307 g/mol. The molecule has 22 heavy (non-hydrogen) atoms. The van der Waals surface area contributed by atoms with Crippen molar-refractivity contribution in [3.63, 3.8) is 0 Å². The highest BCUT2D eigenvalue weighted by atomic mass is 19.1. The van der Waals surface area contributed by atoms with Gasteiger partial charge < -0.3 is 15.4 Å². The summed E-state index contributed by atoms with van der Waals surface area (Å²) in [6.07, 6.45) is 6.31. The first-order valence-electron chi connectivity index (χ1n) is 7.96. The van der Waals surface area contributed by atoms with E-state index in [4.69, 9.17) is 4.74 Å². The van der Waals surface area contributed by atoms with Gasteiger partial charge in [0.15, 0.2) is 5.96 Å². The van der Waals surface area contributed by atoms with Crippen molar-refractivity contribution in [1.29, 1.82) is 0 Å². The van der Waals surface area contributed by atoms with E-state index in [1.807, 2.05) is 6.07 Å². The van der Waals surface area contributed by atoms with Gasteiger partial charge in [-0.3, -0.25) is 4.99 Å². The van der Waals surface area contributed by atoms with Gasteiger partial charge in [-0.2, -0.15) is 0 Å². The Kier molecular flexibility index (Phi) is 6.65. The maximum Gasteiger partial charge on any atom is 0.191 e. The lowest BCUT2D eigenvalue weighted by Gasteiger charge is -2.25. The number of aliphatic imine (C=N–C) groups is 1. The normalized spacial score (nSPS) is 16.6. The Morgan fingerprint density at radius 1 is 1.32 bits per heavy atom. The number of methoxy groups -OCH3 is 1. The van der Waals surface area contributed by atoms with E-state index in [-0.39, 0.29) is 12.4 Å². The molecule has 1 saturated carbocycles. The number of rotatable bonds is 5. The zero-order valence-corrected chi connectivity index (χ0v) is 13.5. The fourth-order valence-electron chi connectivity index (χ4n) is 2.82. The van der Waals surface area contributed by atoms with Crippen LogP contribution >= 0.6 is 0 Å². The van der Waals surface area contributed by atoms with Crippen molar-refractivity contribution in [3.05, 3.63) is 35.1 Å². The van der Waals surface area contributed by atoms with Crippen LogP contribution < -0.4 is 10.6 Å². The molecule has 0 bridgehead atoms. The molecule has 2 rings (SSSR count). The third-order valence-electron chi connectivity index (χ3n) is 4.04. The third-order valence-corrected chi connectivity index (χ3v) is 4.04. The van der Waals surface area contributed by atoms with Gasteiger partial charge in [0.25, 0.3) is 0 Å². The second kappa shape index (κ2) is 8.73. The van der Waals surface area contributed by atoms with Gasteiger partial charge in [-0.15, -0.1) is 0 Å². The first-order chi connectivity index (χ1) is 10.7. The standard InChI is InChI=1S/C17H26FN3O/c1-19-17(21-15-6-4-3-5-7-15)20-11-13-8-9-16(18)14(10-13)12-22-2/h8-10,15H,3-7,11-12H2,1-2H3,(H2,19,20,21). The maximum atomic E-state index is 13.6. The van der Waals surface area contributed by atoms with Crippen LogP contribution in [0.4, 0.5) is 4.39 Å². The minimum absolute atomic E-state index is 0.227. The van der Waals surface area contributed by atoms with E-state index < -0.39 is 0 Å². The molecule has 0 unspecified atom stereocenters. The number of nitrogens with one attached hydrogen (secondary N) is 2. The highest BCUT2D eigenvalue weighted by molar-refractivity contribution is 5.79. The first kappa shape index (κ1) is 16.7. The lowest BCUT2D eigenvalue weighted by atomic mass is 9.96. The average Bonchev–Trinajstić information content (AvgIpc) is 2.55. The van der Waals surface area contributed by atoms with Gasteiger partial charge in [0.05, 0.1) is 6.61 Å². The summed E-state index contributed by atoms with van der Waals surface area (Å²) in [5, 5.41) is 6.76. The number of hydrogen-bond donors (Lipinski definition) is 2. The topological polar surface area (TPSA) is 45.7 Å². The lowest BCUT2D eigenvalue weighted by Crippen LogP contribution is -2.43. The van der Waals surface area contributed by atoms with Crippen molar-refractivity contribution in [3.8, 4) is 0 Å². The van der Waals surface area contributed by atoms with Crippen molar-refractivity contribution in [2.24, 2.45) is 4.99 Å². The van der Waals surface area contributed by atoms with E-state index >= 15 is 0 Å². The van der Waals surface area contributed by atoms with Crippen LogP contribution in [0.2, 0.25) is 0 Å². The van der Waals surface area contributed by atoms with Crippen LogP contribution in [-0.2, 0) is 17.9 Å². The first-order valence-corrected chi connectivity index (χ1v) is 7.96. The summed E-state index contributed by atoms with van der Waals surface area (Å²) < 4.78 is 18.6. The largest absolute Gasteiger partial charge is 0.380 e. The maximum absolute atomic E-state index is 13.6. The van der Waals surface area contributed by atoms with Crippen LogP contribution in [0.5, 0.6) is 0 Å². The third kappa shape index (κ3) is 4.98. The highest BCUT2D eigenvalue weighted by Gasteiger charge is 2.14. The Bertz CT molecular complexity index is 499. The van der Waals surface area contributed by atoms with Crippen molar-refractivity contribution >= 4 is 5.96 Å². The van der Waals surface area contributed by atoms with Crippen LogP contribution in [0.25, 0.3) is 0 Å². The van der Waals surface area contributed by atoms with Crippen molar-refractivity contribution in [1.82, 2.24) is 10.6 Å². The van der Waals surface area contributed by atoms with E-state index in [9.17, 15) is 4.39 Å². The molecule has 122 valence electrons.